The van der Waals surface area contributed by atoms with Crippen molar-refractivity contribution in [1.29, 1.82) is 0 Å². The van der Waals surface area contributed by atoms with Crippen LogP contribution in [0.15, 0.2) is 59.6 Å². The van der Waals surface area contributed by atoms with E-state index in [2.05, 4.69) is 48.3 Å². The van der Waals surface area contributed by atoms with Crippen LogP contribution in [-0.4, -0.2) is 62.0 Å². The van der Waals surface area contributed by atoms with E-state index < -0.39 is 0 Å². The molecule has 0 radical (unpaired) electrons. The predicted molar refractivity (Wildman–Crippen MR) is 158 cm³/mol. The number of nitrogens with zero attached hydrogens (tertiary/aromatic N) is 3. The molecule has 7 nitrogen and oxygen atoms in total. The van der Waals surface area contributed by atoms with Gasteiger partial charge >= 0.3 is 0 Å². The molecular weight excluding hydrogens is 494 g/mol. The third kappa shape index (κ3) is 8.20. The van der Waals surface area contributed by atoms with E-state index in [-0.39, 0.29) is 11.9 Å². The molecule has 8 heteroatoms. The second-order valence-electron chi connectivity index (χ2n) is 10.6. The molecule has 38 heavy (non-hydrogen) atoms. The van der Waals surface area contributed by atoms with E-state index in [4.69, 9.17) is 16.2 Å². The van der Waals surface area contributed by atoms with E-state index >= 15 is 0 Å². The zero-order valence-electron chi connectivity index (χ0n) is 22.6. The zero-order chi connectivity index (χ0) is 26.9. The molecule has 0 spiro atoms. The minimum Gasteiger partial charge on any atom is -0.494 e. The molecule has 1 aromatic heterocycles. The monoisotopic (exact) mass is 535 g/mol. The van der Waals surface area contributed by atoms with E-state index in [1.54, 1.807) is 11.3 Å². The summed E-state index contributed by atoms with van der Waals surface area (Å²) in [5.74, 6) is 2.14. The number of amides is 1. The molecule has 1 heterocycles. The summed E-state index contributed by atoms with van der Waals surface area (Å²) in [6.07, 6.45) is 5.33. The van der Waals surface area contributed by atoms with Crippen LogP contribution in [0.1, 0.15) is 47.3 Å². The number of guanidine groups is 1. The lowest BCUT2D eigenvalue weighted by molar-refractivity contribution is 0.0696. The van der Waals surface area contributed by atoms with Crippen molar-refractivity contribution in [3.8, 4) is 5.75 Å². The Morgan fingerprint density at radius 2 is 1.74 bits per heavy atom. The Kier molecular flexibility index (Phi) is 10.0. The van der Waals surface area contributed by atoms with Gasteiger partial charge in [0.15, 0.2) is 5.96 Å². The number of ether oxygens (including phenoxy) is 1. The Hall–Kier alpha value is -3.10. The van der Waals surface area contributed by atoms with Crippen molar-refractivity contribution >= 4 is 33.3 Å². The summed E-state index contributed by atoms with van der Waals surface area (Å²) in [6.45, 7) is 3.73. The molecule has 0 bridgehead atoms. The van der Waals surface area contributed by atoms with Crippen LogP contribution in [0, 0.1) is 11.8 Å². The van der Waals surface area contributed by atoms with Gasteiger partial charge in [-0.15, -0.1) is 11.3 Å². The van der Waals surface area contributed by atoms with Crippen LogP contribution in [0.2, 0.25) is 0 Å². The molecule has 4 N–H and O–H groups in total. The maximum atomic E-state index is 13.8. The van der Waals surface area contributed by atoms with Gasteiger partial charge in [0.1, 0.15) is 5.75 Å². The van der Waals surface area contributed by atoms with Gasteiger partial charge in [-0.1, -0.05) is 30.3 Å². The number of nitrogens with two attached hydrogens (primary N) is 2. The van der Waals surface area contributed by atoms with E-state index in [1.807, 2.05) is 35.2 Å². The van der Waals surface area contributed by atoms with Crippen molar-refractivity contribution < 1.29 is 9.53 Å². The Morgan fingerprint density at radius 1 is 1.03 bits per heavy atom. The molecule has 204 valence electrons. The standard InChI is InChI=1S/C30H41N5O2S/c1-34(2)16-5-17-37-26-14-12-24(13-15-26)21-35(20-23-10-8-22(9-11-23)19-33-30(31)32)29(36)28-18-25-6-3-4-7-27(25)38-28/h3-4,6-7,12-15,18,22-23H,5,8-11,16-17,19-21H2,1-2H3,(H4,31,32,33). The molecule has 0 saturated heterocycles. The summed E-state index contributed by atoms with van der Waals surface area (Å²) in [4.78, 5) is 23.0. The second kappa shape index (κ2) is 13.6. The van der Waals surface area contributed by atoms with E-state index in [0.29, 0.717) is 31.5 Å². The number of benzene rings is 2. The number of thiophene rings is 1. The molecule has 0 atom stereocenters. The Bertz CT molecular complexity index is 1160. The Morgan fingerprint density at radius 3 is 2.42 bits per heavy atom. The highest BCUT2D eigenvalue weighted by atomic mass is 32.1. The van der Waals surface area contributed by atoms with Gasteiger partial charge in [0.2, 0.25) is 0 Å². The lowest BCUT2D eigenvalue weighted by atomic mass is 9.81. The second-order valence-corrected chi connectivity index (χ2v) is 11.7. The highest BCUT2D eigenvalue weighted by Gasteiger charge is 2.26. The number of carbonyl (C=O) groups is 1. The normalized spacial score (nSPS) is 17.4. The molecule has 4 rings (SSSR count). The minimum atomic E-state index is 0.109. The van der Waals surface area contributed by atoms with Crippen LogP contribution in [0.4, 0.5) is 0 Å². The molecule has 2 aromatic carbocycles. The SMILES string of the molecule is CN(C)CCCOc1ccc(CN(CC2CCC(CN=C(N)N)CC2)C(=O)c2cc3ccccc3s2)cc1. The highest BCUT2D eigenvalue weighted by molar-refractivity contribution is 7.20. The summed E-state index contributed by atoms with van der Waals surface area (Å²) >= 11 is 1.58. The maximum absolute atomic E-state index is 13.8. The van der Waals surface area contributed by atoms with Crippen molar-refractivity contribution in [3.63, 3.8) is 0 Å². The van der Waals surface area contributed by atoms with Crippen molar-refractivity contribution in [2.75, 3.05) is 40.3 Å². The van der Waals surface area contributed by atoms with Crippen molar-refractivity contribution in [3.05, 3.63) is 65.0 Å². The highest BCUT2D eigenvalue weighted by Crippen LogP contribution is 2.32. The van der Waals surface area contributed by atoms with Gasteiger partial charge in [-0.25, -0.2) is 0 Å². The average Bonchev–Trinajstić information content (AvgIpc) is 3.35. The molecule has 0 unspecified atom stereocenters. The lowest BCUT2D eigenvalue weighted by Crippen LogP contribution is -2.36. The third-order valence-corrected chi connectivity index (χ3v) is 8.32. The minimum absolute atomic E-state index is 0.109. The van der Waals surface area contributed by atoms with Crippen molar-refractivity contribution in [1.82, 2.24) is 9.80 Å². The molecule has 1 aliphatic carbocycles. The molecule has 1 aliphatic rings. The molecular formula is C30H41N5O2S. The van der Waals surface area contributed by atoms with Gasteiger partial charge in [-0.05, 0) is 93.3 Å². The van der Waals surface area contributed by atoms with Gasteiger partial charge in [-0.3, -0.25) is 9.79 Å². The zero-order valence-corrected chi connectivity index (χ0v) is 23.5. The Balaban J connectivity index is 1.42. The number of aliphatic imine (C=N–C) groups is 1. The summed E-state index contributed by atoms with van der Waals surface area (Å²) < 4.78 is 7.05. The lowest BCUT2D eigenvalue weighted by Gasteiger charge is -2.32. The van der Waals surface area contributed by atoms with Crippen LogP contribution in [0.25, 0.3) is 10.1 Å². The fraction of sp³-hybridized carbons (Fsp3) is 0.467. The largest absolute Gasteiger partial charge is 0.494 e. The van der Waals surface area contributed by atoms with Gasteiger partial charge in [0.05, 0.1) is 11.5 Å². The van der Waals surface area contributed by atoms with E-state index in [0.717, 1.165) is 71.5 Å². The summed E-state index contributed by atoms with van der Waals surface area (Å²) in [7, 11) is 4.14. The number of hydrogen-bond acceptors (Lipinski definition) is 5. The van der Waals surface area contributed by atoms with E-state index in [9.17, 15) is 4.79 Å². The summed E-state index contributed by atoms with van der Waals surface area (Å²) in [5.41, 5.74) is 12.1. The first-order valence-electron chi connectivity index (χ1n) is 13.6. The molecule has 1 fully saturated rings. The number of fused-ring (bicyclic) bond motifs is 1. The van der Waals surface area contributed by atoms with Crippen LogP contribution >= 0.6 is 11.3 Å². The molecule has 1 amide bonds. The third-order valence-electron chi connectivity index (χ3n) is 7.22. The van der Waals surface area contributed by atoms with Gasteiger partial charge in [0.25, 0.3) is 5.91 Å². The van der Waals surface area contributed by atoms with Crippen molar-refractivity contribution in [2.24, 2.45) is 28.3 Å². The predicted octanol–water partition coefficient (Wildman–Crippen LogP) is 4.95. The van der Waals surface area contributed by atoms with E-state index in [1.165, 1.54) is 0 Å². The van der Waals surface area contributed by atoms with Crippen LogP contribution in [0.5, 0.6) is 5.75 Å². The first-order chi connectivity index (χ1) is 18.4. The number of carbonyl (C=O) groups excluding carboxylic acids is 1. The van der Waals surface area contributed by atoms with Gasteiger partial charge in [-0.2, -0.15) is 0 Å². The van der Waals surface area contributed by atoms with Crippen LogP contribution in [-0.2, 0) is 6.54 Å². The number of rotatable bonds is 12. The number of hydrogen-bond donors (Lipinski definition) is 2. The van der Waals surface area contributed by atoms with Crippen molar-refractivity contribution in [2.45, 2.75) is 38.6 Å². The fourth-order valence-corrected chi connectivity index (χ4v) is 6.12. The maximum Gasteiger partial charge on any atom is 0.264 e. The summed E-state index contributed by atoms with van der Waals surface area (Å²) in [6, 6.07) is 18.4. The fourth-order valence-electron chi connectivity index (χ4n) is 5.09. The van der Waals surface area contributed by atoms with Gasteiger partial charge < -0.3 is 26.0 Å². The topological polar surface area (TPSA) is 97.2 Å². The Labute approximate surface area is 230 Å². The summed E-state index contributed by atoms with van der Waals surface area (Å²) in [5, 5.41) is 1.12. The van der Waals surface area contributed by atoms with Gasteiger partial charge in [0, 0.05) is 30.9 Å². The smallest absolute Gasteiger partial charge is 0.264 e. The van der Waals surface area contributed by atoms with Crippen LogP contribution < -0.4 is 16.2 Å². The average molecular weight is 536 g/mol. The molecule has 1 saturated carbocycles. The first-order valence-corrected chi connectivity index (χ1v) is 14.4. The quantitative estimate of drug-likeness (QED) is 0.194. The molecule has 0 aliphatic heterocycles. The first kappa shape index (κ1) is 27.9. The molecule has 3 aromatic rings. The van der Waals surface area contributed by atoms with Crippen LogP contribution in [0.3, 0.4) is 0 Å².